The number of carbonyl (C=O) groups is 1. The standard InChI is InChI=1S/C20H24N2O4S2/c1-26-16-6-8-17(9-7-16)28(24,25)22-12-10-21(11-13-22)20(23)19-14-15-4-2-3-5-18(15)27-19/h6-9,14H,2-5,10-13H2,1H3. The van der Waals surface area contributed by atoms with Gasteiger partial charge in [-0.05, 0) is 61.6 Å². The molecule has 2 aromatic rings. The summed E-state index contributed by atoms with van der Waals surface area (Å²) in [5.74, 6) is 0.647. The van der Waals surface area contributed by atoms with Gasteiger partial charge in [0.25, 0.3) is 5.91 Å². The fraction of sp³-hybridized carbons (Fsp3) is 0.450. The van der Waals surface area contributed by atoms with Crippen LogP contribution in [0.1, 0.15) is 33.0 Å². The van der Waals surface area contributed by atoms with Crippen LogP contribution in [0.5, 0.6) is 5.75 Å². The maximum absolute atomic E-state index is 12.9. The van der Waals surface area contributed by atoms with Gasteiger partial charge in [0.2, 0.25) is 10.0 Å². The lowest BCUT2D eigenvalue weighted by atomic mass is 9.99. The molecule has 0 unspecified atom stereocenters. The van der Waals surface area contributed by atoms with E-state index in [4.69, 9.17) is 4.74 Å². The first-order valence-electron chi connectivity index (χ1n) is 9.54. The molecule has 2 aliphatic rings. The number of aryl methyl sites for hydroxylation is 2. The van der Waals surface area contributed by atoms with E-state index >= 15 is 0 Å². The van der Waals surface area contributed by atoms with Gasteiger partial charge in [-0.25, -0.2) is 8.42 Å². The molecule has 150 valence electrons. The molecule has 0 saturated carbocycles. The maximum Gasteiger partial charge on any atom is 0.264 e. The molecule has 0 atom stereocenters. The summed E-state index contributed by atoms with van der Waals surface area (Å²) in [5, 5.41) is 0. The van der Waals surface area contributed by atoms with Crippen LogP contribution in [0, 0.1) is 0 Å². The topological polar surface area (TPSA) is 66.9 Å². The Morgan fingerprint density at radius 1 is 1.04 bits per heavy atom. The Morgan fingerprint density at radius 2 is 1.71 bits per heavy atom. The van der Waals surface area contributed by atoms with Crippen molar-refractivity contribution >= 4 is 27.3 Å². The molecule has 0 N–H and O–H groups in total. The quantitative estimate of drug-likeness (QED) is 0.763. The first-order chi connectivity index (χ1) is 13.5. The third-order valence-corrected chi connectivity index (χ3v) is 8.57. The Kier molecular flexibility index (Phi) is 5.44. The van der Waals surface area contributed by atoms with Crippen molar-refractivity contribution in [3.63, 3.8) is 0 Å². The van der Waals surface area contributed by atoms with Crippen molar-refractivity contribution in [3.8, 4) is 5.75 Å². The number of sulfonamides is 1. The second-order valence-electron chi connectivity index (χ2n) is 7.14. The van der Waals surface area contributed by atoms with E-state index in [9.17, 15) is 13.2 Å². The van der Waals surface area contributed by atoms with Crippen molar-refractivity contribution < 1.29 is 17.9 Å². The monoisotopic (exact) mass is 420 g/mol. The molecule has 0 radical (unpaired) electrons. The number of rotatable bonds is 4. The van der Waals surface area contributed by atoms with Gasteiger partial charge in [-0.2, -0.15) is 4.31 Å². The normalized spacial score (nSPS) is 18.0. The molecule has 8 heteroatoms. The highest BCUT2D eigenvalue weighted by Crippen LogP contribution is 2.30. The van der Waals surface area contributed by atoms with Gasteiger partial charge in [-0.15, -0.1) is 11.3 Å². The molecule has 6 nitrogen and oxygen atoms in total. The molecule has 0 bridgehead atoms. The number of ether oxygens (including phenoxy) is 1. The van der Waals surface area contributed by atoms with Crippen molar-refractivity contribution in [2.24, 2.45) is 0 Å². The van der Waals surface area contributed by atoms with Crippen LogP contribution in [-0.2, 0) is 22.9 Å². The molecular weight excluding hydrogens is 396 g/mol. The highest BCUT2D eigenvalue weighted by molar-refractivity contribution is 7.89. The van der Waals surface area contributed by atoms with Crippen molar-refractivity contribution in [1.82, 2.24) is 9.21 Å². The molecule has 1 aliphatic heterocycles. The molecule has 1 fully saturated rings. The Hall–Kier alpha value is -1.90. The van der Waals surface area contributed by atoms with E-state index < -0.39 is 10.0 Å². The molecule has 1 aliphatic carbocycles. The summed E-state index contributed by atoms with van der Waals surface area (Å²) in [6.45, 7) is 1.45. The molecule has 1 aromatic carbocycles. The fourth-order valence-electron chi connectivity index (χ4n) is 3.78. The highest BCUT2D eigenvalue weighted by atomic mass is 32.2. The van der Waals surface area contributed by atoms with Crippen LogP contribution in [0.2, 0.25) is 0 Å². The van der Waals surface area contributed by atoms with E-state index in [0.29, 0.717) is 31.9 Å². The van der Waals surface area contributed by atoms with Crippen LogP contribution < -0.4 is 4.74 Å². The third kappa shape index (κ3) is 3.68. The van der Waals surface area contributed by atoms with Crippen LogP contribution in [0.4, 0.5) is 0 Å². The van der Waals surface area contributed by atoms with E-state index in [1.807, 2.05) is 6.07 Å². The lowest BCUT2D eigenvalue weighted by molar-refractivity contribution is 0.0702. The van der Waals surface area contributed by atoms with Gasteiger partial charge in [-0.1, -0.05) is 0 Å². The Morgan fingerprint density at radius 3 is 2.36 bits per heavy atom. The van der Waals surface area contributed by atoms with Gasteiger partial charge in [0.1, 0.15) is 5.75 Å². The van der Waals surface area contributed by atoms with Crippen molar-refractivity contribution in [3.05, 3.63) is 45.6 Å². The summed E-state index contributed by atoms with van der Waals surface area (Å²) in [6.07, 6.45) is 4.52. The number of nitrogens with zero attached hydrogens (tertiary/aromatic N) is 2. The minimum Gasteiger partial charge on any atom is -0.497 e. The Labute approximate surface area is 169 Å². The predicted molar refractivity (Wildman–Crippen MR) is 109 cm³/mol. The maximum atomic E-state index is 12.9. The molecule has 1 amide bonds. The van der Waals surface area contributed by atoms with Gasteiger partial charge < -0.3 is 9.64 Å². The van der Waals surface area contributed by atoms with E-state index in [1.165, 1.54) is 27.6 Å². The fourth-order valence-corrected chi connectivity index (χ4v) is 6.42. The SMILES string of the molecule is COc1ccc(S(=O)(=O)N2CCN(C(=O)c3cc4c(s3)CCCC4)CC2)cc1. The molecule has 1 saturated heterocycles. The number of piperazine rings is 1. The summed E-state index contributed by atoms with van der Waals surface area (Å²) in [7, 11) is -2.02. The number of methoxy groups -OCH3 is 1. The number of thiophene rings is 1. The number of hydrogen-bond donors (Lipinski definition) is 0. The van der Waals surface area contributed by atoms with Crippen LogP contribution in [0.25, 0.3) is 0 Å². The largest absolute Gasteiger partial charge is 0.497 e. The van der Waals surface area contributed by atoms with Gasteiger partial charge in [-0.3, -0.25) is 4.79 Å². The lowest BCUT2D eigenvalue weighted by Crippen LogP contribution is -2.50. The predicted octanol–water partition coefficient (Wildman–Crippen LogP) is 2.78. The zero-order valence-electron chi connectivity index (χ0n) is 15.9. The van der Waals surface area contributed by atoms with E-state index in [1.54, 1.807) is 47.6 Å². The van der Waals surface area contributed by atoms with Crippen molar-refractivity contribution in [2.45, 2.75) is 30.6 Å². The number of fused-ring (bicyclic) bond motifs is 1. The summed E-state index contributed by atoms with van der Waals surface area (Å²) in [5.41, 5.74) is 1.32. The van der Waals surface area contributed by atoms with Gasteiger partial charge in [0.15, 0.2) is 0 Å². The Bertz CT molecular complexity index is 935. The smallest absolute Gasteiger partial charge is 0.264 e. The molecule has 2 heterocycles. The van der Waals surface area contributed by atoms with Crippen LogP contribution in [0.15, 0.2) is 35.2 Å². The van der Waals surface area contributed by atoms with Crippen LogP contribution in [0.3, 0.4) is 0 Å². The summed E-state index contributed by atoms with van der Waals surface area (Å²) >= 11 is 1.61. The molecule has 0 spiro atoms. The zero-order valence-corrected chi connectivity index (χ0v) is 17.5. The average molecular weight is 421 g/mol. The molecule has 4 rings (SSSR count). The second kappa shape index (κ2) is 7.85. The number of amides is 1. The van der Waals surface area contributed by atoms with Crippen molar-refractivity contribution in [2.75, 3.05) is 33.3 Å². The van der Waals surface area contributed by atoms with Gasteiger partial charge in [0, 0.05) is 31.1 Å². The summed E-state index contributed by atoms with van der Waals surface area (Å²) < 4.78 is 32.2. The molecule has 28 heavy (non-hydrogen) atoms. The number of carbonyl (C=O) groups excluding carboxylic acids is 1. The third-order valence-electron chi connectivity index (χ3n) is 5.43. The first-order valence-corrected chi connectivity index (χ1v) is 11.8. The number of hydrogen-bond acceptors (Lipinski definition) is 5. The summed E-state index contributed by atoms with van der Waals surface area (Å²) in [4.78, 5) is 17.0. The van der Waals surface area contributed by atoms with Gasteiger partial charge >= 0.3 is 0 Å². The summed E-state index contributed by atoms with van der Waals surface area (Å²) in [6, 6.07) is 8.45. The van der Waals surface area contributed by atoms with Crippen LogP contribution >= 0.6 is 11.3 Å². The van der Waals surface area contributed by atoms with Crippen molar-refractivity contribution in [1.29, 1.82) is 0 Å². The molecular formula is C20H24N2O4S2. The lowest BCUT2D eigenvalue weighted by Gasteiger charge is -2.33. The zero-order chi connectivity index (χ0) is 19.7. The Balaban J connectivity index is 1.42. The van der Waals surface area contributed by atoms with E-state index in [2.05, 4.69) is 0 Å². The average Bonchev–Trinajstić information content (AvgIpc) is 3.17. The second-order valence-corrected chi connectivity index (χ2v) is 10.2. The molecule has 1 aromatic heterocycles. The minimum absolute atomic E-state index is 0.0286. The van der Waals surface area contributed by atoms with Crippen LogP contribution in [-0.4, -0.2) is 56.8 Å². The minimum atomic E-state index is -3.56. The highest BCUT2D eigenvalue weighted by Gasteiger charge is 2.31. The van der Waals surface area contributed by atoms with E-state index in [-0.39, 0.29) is 10.8 Å². The number of benzene rings is 1. The first kappa shape index (κ1) is 19.4. The van der Waals surface area contributed by atoms with E-state index in [0.717, 1.165) is 17.7 Å². The van der Waals surface area contributed by atoms with Gasteiger partial charge in [0.05, 0.1) is 16.9 Å².